The number of anilines is 1. The van der Waals surface area contributed by atoms with Gasteiger partial charge in [-0.25, -0.2) is 4.98 Å². The maximum absolute atomic E-state index is 5.99. The maximum Gasteiger partial charge on any atom is 0.232 e. The summed E-state index contributed by atoms with van der Waals surface area (Å²) in [5.74, 6) is 1.99. The first-order chi connectivity index (χ1) is 9.67. The first-order valence-corrected chi connectivity index (χ1v) is 7.18. The number of hydrogen-bond acceptors (Lipinski definition) is 5. The topological polar surface area (TPSA) is 47.0 Å². The van der Waals surface area contributed by atoms with E-state index in [9.17, 15) is 0 Å². The van der Waals surface area contributed by atoms with E-state index in [-0.39, 0.29) is 0 Å². The lowest BCUT2D eigenvalue weighted by atomic mass is 10.2. The number of aryl methyl sites for hydroxylation is 2. The van der Waals surface area contributed by atoms with Gasteiger partial charge < -0.3 is 10.1 Å². The van der Waals surface area contributed by atoms with Gasteiger partial charge in [-0.3, -0.25) is 0 Å². The van der Waals surface area contributed by atoms with E-state index in [1.54, 1.807) is 18.4 Å². The summed E-state index contributed by atoms with van der Waals surface area (Å²) in [4.78, 5) is 11.0. The number of ether oxygens (including phenoxy) is 1. The van der Waals surface area contributed by atoms with Crippen LogP contribution in [0.1, 0.15) is 10.4 Å². The zero-order chi connectivity index (χ0) is 14.1. The molecule has 2 heterocycles. The van der Waals surface area contributed by atoms with Crippen LogP contribution >= 0.6 is 11.3 Å². The Hall–Kier alpha value is -2.14. The molecule has 0 fully saturated rings. The molecule has 0 aliphatic carbocycles. The monoisotopic (exact) mass is 285 g/mol. The highest BCUT2D eigenvalue weighted by Gasteiger charge is 2.12. The molecule has 0 bridgehead atoms. The van der Waals surface area contributed by atoms with Crippen molar-refractivity contribution in [3.05, 3.63) is 40.8 Å². The molecule has 2 aromatic heterocycles. The number of fused-ring (bicyclic) bond motifs is 1. The largest absolute Gasteiger partial charge is 0.438 e. The number of nitrogens with one attached hydrogen (secondary N) is 1. The molecule has 0 radical (unpaired) electrons. The second-order valence-corrected chi connectivity index (χ2v) is 5.78. The van der Waals surface area contributed by atoms with Crippen LogP contribution in [0.15, 0.2) is 30.3 Å². The van der Waals surface area contributed by atoms with Crippen LogP contribution in [0.25, 0.3) is 10.2 Å². The molecule has 0 atom stereocenters. The molecular weight excluding hydrogens is 270 g/mol. The summed E-state index contributed by atoms with van der Waals surface area (Å²) in [6.45, 7) is 4.08. The Balaban J connectivity index is 2.12. The van der Waals surface area contributed by atoms with Crippen LogP contribution < -0.4 is 10.1 Å². The van der Waals surface area contributed by atoms with E-state index >= 15 is 0 Å². The molecule has 20 heavy (non-hydrogen) atoms. The van der Waals surface area contributed by atoms with Crippen LogP contribution in [-0.2, 0) is 0 Å². The van der Waals surface area contributed by atoms with Gasteiger partial charge in [-0.05, 0) is 31.5 Å². The number of thiophene rings is 1. The third-order valence-electron chi connectivity index (χ3n) is 3.00. The zero-order valence-electron chi connectivity index (χ0n) is 11.6. The van der Waals surface area contributed by atoms with Crippen molar-refractivity contribution in [1.82, 2.24) is 9.97 Å². The van der Waals surface area contributed by atoms with Crippen molar-refractivity contribution in [2.24, 2.45) is 0 Å². The molecule has 0 aliphatic heterocycles. The summed E-state index contributed by atoms with van der Waals surface area (Å²) in [7, 11) is 1.80. The second-order valence-electron chi connectivity index (χ2n) is 4.55. The Kier molecular flexibility index (Phi) is 3.28. The van der Waals surface area contributed by atoms with Crippen LogP contribution in [0.2, 0.25) is 0 Å². The standard InChI is InChI=1S/C15H15N3OS/c1-9-6-4-5-7-12(9)19-13-11-8-10(2)20-14(11)18-15(16-3)17-13/h4-8H,1-3H3,(H,16,17,18). The van der Waals surface area contributed by atoms with Gasteiger partial charge in [0.05, 0.1) is 5.39 Å². The van der Waals surface area contributed by atoms with Gasteiger partial charge in [0.25, 0.3) is 0 Å². The van der Waals surface area contributed by atoms with Crippen molar-refractivity contribution >= 4 is 27.5 Å². The summed E-state index contributed by atoms with van der Waals surface area (Å²) in [5, 5.41) is 3.93. The van der Waals surface area contributed by atoms with Gasteiger partial charge in [-0.15, -0.1) is 11.3 Å². The smallest absolute Gasteiger partial charge is 0.232 e. The van der Waals surface area contributed by atoms with Crippen molar-refractivity contribution in [3.63, 3.8) is 0 Å². The van der Waals surface area contributed by atoms with Crippen molar-refractivity contribution < 1.29 is 4.74 Å². The minimum absolute atomic E-state index is 0.572. The Morgan fingerprint density at radius 1 is 1.15 bits per heavy atom. The molecular formula is C15H15N3OS. The molecule has 3 aromatic rings. The van der Waals surface area contributed by atoms with Crippen LogP contribution in [0.3, 0.4) is 0 Å². The third-order valence-corrected chi connectivity index (χ3v) is 3.95. The molecule has 1 aromatic carbocycles. The fourth-order valence-corrected chi connectivity index (χ4v) is 2.85. The second kappa shape index (κ2) is 5.09. The minimum Gasteiger partial charge on any atom is -0.438 e. The van der Waals surface area contributed by atoms with Gasteiger partial charge in [0.1, 0.15) is 10.6 Å². The molecule has 0 aliphatic rings. The summed E-state index contributed by atoms with van der Waals surface area (Å²) in [5.41, 5.74) is 1.08. The summed E-state index contributed by atoms with van der Waals surface area (Å²) < 4.78 is 5.99. The number of hydrogen-bond donors (Lipinski definition) is 1. The lowest BCUT2D eigenvalue weighted by Crippen LogP contribution is -1.98. The highest BCUT2D eigenvalue weighted by atomic mass is 32.1. The van der Waals surface area contributed by atoms with Gasteiger partial charge >= 0.3 is 0 Å². The summed E-state index contributed by atoms with van der Waals surface area (Å²) >= 11 is 1.64. The van der Waals surface area contributed by atoms with E-state index in [0.29, 0.717) is 11.8 Å². The number of rotatable bonds is 3. The lowest BCUT2D eigenvalue weighted by Gasteiger charge is -2.09. The van der Waals surface area contributed by atoms with Crippen LogP contribution in [0, 0.1) is 13.8 Å². The maximum atomic E-state index is 5.99. The molecule has 0 saturated carbocycles. The number of benzene rings is 1. The fourth-order valence-electron chi connectivity index (χ4n) is 1.98. The number of nitrogens with zero attached hydrogens (tertiary/aromatic N) is 2. The Bertz CT molecular complexity index is 767. The summed E-state index contributed by atoms with van der Waals surface area (Å²) in [6.07, 6.45) is 0. The van der Waals surface area contributed by atoms with Crippen molar-refractivity contribution in [3.8, 4) is 11.6 Å². The predicted molar refractivity (Wildman–Crippen MR) is 83.0 cm³/mol. The Morgan fingerprint density at radius 3 is 2.70 bits per heavy atom. The molecule has 1 N–H and O–H groups in total. The Labute approximate surface area is 121 Å². The van der Waals surface area contributed by atoms with E-state index in [4.69, 9.17) is 4.74 Å². The van der Waals surface area contributed by atoms with Crippen molar-refractivity contribution in [1.29, 1.82) is 0 Å². The Morgan fingerprint density at radius 2 is 1.95 bits per heavy atom. The van der Waals surface area contributed by atoms with E-state index in [2.05, 4.69) is 28.3 Å². The molecule has 3 rings (SSSR count). The molecule has 0 spiro atoms. The zero-order valence-corrected chi connectivity index (χ0v) is 12.4. The van der Waals surface area contributed by atoms with Crippen molar-refractivity contribution in [2.75, 3.05) is 12.4 Å². The van der Waals surface area contributed by atoms with Gasteiger partial charge in [0, 0.05) is 11.9 Å². The lowest BCUT2D eigenvalue weighted by molar-refractivity contribution is 0.465. The minimum atomic E-state index is 0.572. The van der Waals surface area contributed by atoms with Crippen LogP contribution in [0.5, 0.6) is 11.6 Å². The average molecular weight is 285 g/mol. The quantitative estimate of drug-likeness (QED) is 0.785. The molecule has 0 amide bonds. The number of para-hydroxylation sites is 1. The van der Waals surface area contributed by atoms with E-state index < -0.39 is 0 Å². The van der Waals surface area contributed by atoms with Gasteiger partial charge in [0.2, 0.25) is 11.8 Å². The highest BCUT2D eigenvalue weighted by molar-refractivity contribution is 7.18. The van der Waals surface area contributed by atoms with E-state index in [1.165, 1.54) is 4.88 Å². The van der Waals surface area contributed by atoms with Crippen molar-refractivity contribution in [2.45, 2.75) is 13.8 Å². The van der Waals surface area contributed by atoms with Gasteiger partial charge in [-0.1, -0.05) is 18.2 Å². The molecule has 0 saturated heterocycles. The third kappa shape index (κ3) is 2.32. The fraction of sp³-hybridized carbons (Fsp3) is 0.200. The molecule has 0 unspecified atom stereocenters. The normalized spacial score (nSPS) is 10.8. The number of aromatic nitrogens is 2. The van der Waals surface area contributed by atoms with Gasteiger partial charge in [-0.2, -0.15) is 4.98 Å². The average Bonchev–Trinajstić information content (AvgIpc) is 2.81. The molecule has 102 valence electrons. The summed E-state index contributed by atoms with van der Waals surface area (Å²) in [6, 6.07) is 9.98. The highest BCUT2D eigenvalue weighted by Crippen LogP contribution is 2.34. The van der Waals surface area contributed by atoms with E-state index in [1.807, 2.05) is 31.2 Å². The van der Waals surface area contributed by atoms with Gasteiger partial charge in [0.15, 0.2) is 0 Å². The SMILES string of the molecule is CNc1nc(Oc2ccccc2C)c2cc(C)sc2n1. The van der Waals surface area contributed by atoms with E-state index in [0.717, 1.165) is 21.5 Å². The molecule has 4 nitrogen and oxygen atoms in total. The first kappa shape index (κ1) is 12.9. The van der Waals surface area contributed by atoms with Crippen LogP contribution in [-0.4, -0.2) is 17.0 Å². The van der Waals surface area contributed by atoms with Crippen LogP contribution in [0.4, 0.5) is 5.95 Å². The first-order valence-electron chi connectivity index (χ1n) is 6.37. The predicted octanol–water partition coefficient (Wildman–Crippen LogP) is 4.14. The molecule has 5 heteroatoms.